The van der Waals surface area contributed by atoms with Crippen molar-refractivity contribution in [2.75, 3.05) is 11.9 Å². The van der Waals surface area contributed by atoms with Gasteiger partial charge in [0.05, 0.1) is 11.6 Å². The Kier molecular flexibility index (Phi) is 3.83. The molecule has 0 aliphatic carbocycles. The van der Waals surface area contributed by atoms with Crippen molar-refractivity contribution in [3.8, 4) is 5.75 Å². The summed E-state index contributed by atoms with van der Waals surface area (Å²) in [7, 11) is 0. The zero-order chi connectivity index (χ0) is 12.1. The van der Waals surface area contributed by atoms with Crippen LogP contribution in [0.15, 0.2) is 42.6 Å². The number of nitrogens with zero attached hydrogens (tertiary/aromatic N) is 1. The number of hydrogen-bond donors (Lipinski definition) is 1. The van der Waals surface area contributed by atoms with Crippen molar-refractivity contribution in [2.45, 2.75) is 6.92 Å². The number of ether oxygens (including phenoxy) is 1. The molecular weight excluding hydrogens is 236 g/mol. The maximum absolute atomic E-state index is 5.76. The molecule has 17 heavy (non-hydrogen) atoms. The summed E-state index contributed by atoms with van der Waals surface area (Å²) < 4.78 is 5.37. The van der Waals surface area contributed by atoms with Gasteiger partial charge in [-0.3, -0.25) is 0 Å². The van der Waals surface area contributed by atoms with Crippen molar-refractivity contribution >= 4 is 23.1 Å². The van der Waals surface area contributed by atoms with Crippen LogP contribution in [-0.2, 0) is 0 Å². The first kappa shape index (κ1) is 11.7. The molecule has 1 N–H and O–H groups in total. The summed E-state index contributed by atoms with van der Waals surface area (Å²) in [4.78, 5) is 4.16. The molecule has 0 bridgehead atoms. The summed E-state index contributed by atoms with van der Waals surface area (Å²) in [5.41, 5.74) is 0.961. The van der Waals surface area contributed by atoms with Gasteiger partial charge in [0.1, 0.15) is 11.6 Å². The van der Waals surface area contributed by atoms with E-state index < -0.39 is 0 Å². The van der Waals surface area contributed by atoms with E-state index in [-0.39, 0.29) is 0 Å². The van der Waals surface area contributed by atoms with Crippen molar-refractivity contribution in [1.29, 1.82) is 0 Å². The second kappa shape index (κ2) is 5.55. The Morgan fingerprint density at radius 2 is 1.94 bits per heavy atom. The number of halogens is 1. The average Bonchev–Trinajstić information content (AvgIpc) is 2.35. The summed E-state index contributed by atoms with van der Waals surface area (Å²) >= 11 is 5.76. The average molecular weight is 249 g/mol. The molecule has 0 amide bonds. The van der Waals surface area contributed by atoms with Crippen LogP contribution in [-0.4, -0.2) is 11.6 Å². The number of hydrogen-bond acceptors (Lipinski definition) is 3. The van der Waals surface area contributed by atoms with Gasteiger partial charge in [-0.1, -0.05) is 11.6 Å². The highest BCUT2D eigenvalue weighted by atomic mass is 35.5. The minimum absolute atomic E-state index is 0.627. The summed E-state index contributed by atoms with van der Waals surface area (Å²) in [5, 5.41) is 3.80. The Labute approximate surface area is 105 Å². The fraction of sp³-hybridized carbons (Fsp3) is 0.154. The van der Waals surface area contributed by atoms with E-state index in [1.807, 2.05) is 37.3 Å². The van der Waals surface area contributed by atoms with Crippen LogP contribution in [0, 0.1) is 0 Å². The Balaban J connectivity index is 2.05. The monoisotopic (exact) mass is 248 g/mol. The molecule has 0 saturated heterocycles. The van der Waals surface area contributed by atoms with Crippen LogP contribution >= 0.6 is 11.6 Å². The fourth-order valence-electron chi connectivity index (χ4n) is 1.40. The van der Waals surface area contributed by atoms with Crippen molar-refractivity contribution in [3.63, 3.8) is 0 Å². The highest BCUT2D eigenvalue weighted by molar-refractivity contribution is 6.30. The minimum Gasteiger partial charge on any atom is -0.494 e. The molecular formula is C13H13ClN2O. The molecule has 1 aromatic carbocycles. The smallest absolute Gasteiger partial charge is 0.130 e. The SMILES string of the molecule is CCOc1ccc(Nc2ccc(Cl)cn2)cc1. The Morgan fingerprint density at radius 3 is 2.53 bits per heavy atom. The van der Waals surface area contributed by atoms with Gasteiger partial charge >= 0.3 is 0 Å². The van der Waals surface area contributed by atoms with E-state index in [1.165, 1.54) is 0 Å². The van der Waals surface area contributed by atoms with Crippen molar-refractivity contribution < 1.29 is 4.74 Å². The minimum atomic E-state index is 0.627. The zero-order valence-electron chi connectivity index (χ0n) is 9.48. The van der Waals surface area contributed by atoms with Gasteiger partial charge in [0.25, 0.3) is 0 Å². The zero-order valence-corrected chi connectivity index (χ0v) is 10.2. The van der Waals surface area contributed by atoms with E-state index in [0.717, 1.165) is 17.3 Å². The molecule has 3 nitrogen and oxygen atoms in total. The molecule has 2 aromatic rings. The van der Waals surface area contributed by atoms with Crippen molar-refractivity contribution in [1.82, 2.24) is 4.98 Å². The van der Waals surface area contributed by atoms with E-state index in [4.69, 9.17) is 16.3 Å². The lowest BCUT2D eigenvalue weighted by Gasteiger charge is -2.07. The first-order chi connectivity index (χ1) is 8.28. The van der Waals surface area contributed by atoms with Gasteiger partial charge in [0.15, 0.2) is 0 Å². The highest BCUT2D eigenvalue weighted by Gasteiger charge is 1.97. The molecule has 0 aliphatic rings. The third-order valence-electron chi connectivity index (χ3n) is 2.17. The Bertz CT molecular complexity index is 468. The number of anilines is 2. The maximum atomic E-state index is 5.76. The number of rotatable bonds is 4. The van der Waals surface area contributed by atoms with Gasteiger partial charge in [-0.15, -0.1) is 0 Å². The molecule has 2 rings (SSSR count). The molecule has 88 valence electrons. The van der Waals surface area contributed by atoms with E-state index in [2.05, 4.69) is 10.3 Å². The van der Waals surface area contributed by atoms with Gasteiger partial charge < -0.3 is 10.1 Å². The topological polar surface area (TPSA) is 34.1 Å². The van der Waals surface area contributed by atoms with E-state index in [9.17, 15) is 0 Å². The first-order valence-corrected chi connectivity index (χ1v) is 5.77. The van der Waals surface area contributed by atoms with E-state index in [1.54, 1.807) is 12.3 Å². The molecule has 0 fully saturated rings. The van der Waals surface area contributed by atoms with Crippen LogP contribution in [0.1, 0.15) is 6.92 Å². The van der Waals surface area contributed by atoms with Gasteiger partial charge in [0, 0.05) is 11.9 Å². The van der Waals surface area contributed by atoms with Crippen LogP contribution in [0.4, 0.5) is 11.5 Å². The second-order valence-electron chi connectivity index (χ2n) is 3.44. The van der Waals surface area contributed by atoms with Gasteiger partial charge in [-0.05, 0) is 43.3 Å². The largest absolute Gasteiger partial charge is 0.494 e. The third-order valence-corrected chi connectivity index (χ3v) is 2.39. The number of pyridine rings is 1. The molecule has 0 atom stereocenters. The summed E-state index contributed by atoms with van der Waals surface area (Å²) in [6.07, 6.45) is 1.61. The molecule has 0 spiro atoms. The van der Waals surface area contributed by atoms with E-state index >= 15 is 0 Å². The lowest BCUT2D eigenvalue weighted by atomic mass is 10.3. The van der Waals surface area contributed by atoms with Gasteiger partial charge in [-0.25, -0.2) is 4.98 Å². The predicted octanol–water partition coefficient (Wildman–Crippen LogP) is 3.88. The van der Waals surface area contributed by atoms with E-state index in [0.29, 0.717) is 11.6 Å². The fourth-order valence-corrected chi connectivity index (χ4v) is 1.51. The molecule has 1 heterocycles. The number of aromatic nitrogens is 1. The molecule has 0 unspecified atom stereocenters. The first-order valence-electron chi connectivity index (χ1n) is 5.39. The molecule has 1 aromatic heterocycles. The van der Waals surface area contributed by atoms with Gasteiger partial charge in [-0.2, -0.15) is 0 Å². The lowest BCUT2D eigenvalue weighted by Crippen LogP contribution is -1.94. The predicted molar refractivity (Wildman–Crippen MR) is 70.1 cm³/mol. The third kappa shape index (κ3) is 3.36. The lowest BCUT2D eigenvalue weighted by molar-refractivity contribution is 0.340. The molecule has 0 aliphatic heterocycles. The summed E-state index contributed by atoms with van der Waals surface area (Å²) in [6, 6.07) is 11.4. The maximum Gasteiger partial charge on any atom is 0.130 e. The number of nitrogens with one attached hydrogen (secondary N) is 1. The van der Waals surface area contributed by atoms with Crippen LogP contribution < -0.4 is 10.1 Å². The Morgan fingerprint density at radius 1 is 1.18 bits per heavy atom. The van der Waals surface area contributed by atoms with Crippen molar-refractivity contribution in [3.05, 3.63) is 47.6 Å². The summed E-state index contributed by atoms with van der Waals surface area (Å²) in [6.45, 7) is 2.63. The molecule has 0 radical (unpaired) electrons. The number of benzene rings is 1. The highest BCUT2D eigenvalue weighted by Crippen LogP contribution is 2.19. The van der Waals surface area contributed by atoms with Crippen LogP contribution in [0.3, 0.4) is 0 Å². The van der Waals surface area contributed by atoms with Crippen LogP contribution in [0.25, 0.3) is 0 Å². The van der Waals surface area contributed by atoms with Crippen molar-refractivity contribution in [2.24, 2.45) is 0 Å². The second-order valence-corrected chi connectivity index (χ2v) is 3.88. The van der Waals surface area contributed by atoms with Crippen LogP contribution in [0.2, 0.25) is 5.02 Å². The Hall–Kier alpha value is -1.74. The van der Waals surface area contributed by atoms with Gasteiger partial charge in [0.2, 0.25) is 0 Å². The summed E-state index contributed by atoms with van der Waals surface area (Å²) in [5.74, 6) is 1.63. The normalized spacial score (nSPS) is 10.0. The quantitative estimate of drug-likeness (QED) is 0.892. The standard InChI is InChI=1S/C13H13ClN2O/c1-2-17-12-6-4-11(5-7-12)16-13-8-3-10(14)9-15-13/h3-9H,2H2,1H3,(H,15,16). The molecule has 4 heteroatoms. The molecule has 0 saturated carbocycles. The van der Waals surface area contributed by atoms with Crippen LogP contribution in [0.5, 0.6) is 5.75 Å².